The summed E-state index contributed by atoms with van der Waals surface area (Å²) in [5.41, 5.74) is 0.442. The molecular weight excluding hydrogens is 318 g/mol. The lowest BCUT2D eigenvalue weighted by molar-refractivity contribution is 0.0717. The molecule has 18 heavy (non-hydrogen) atoms. The third-order valence-electron chi connectivity index (χ3n) is 3.22. The lowest BCUT2D eigenvalue weighted by atomic mass is 9.92. The number of rotatable bonds is 2. The van der Waals surface area contributed by atoms with Gasteiger partial charge in [-0.3, -0.25) is 4.79 Å². The minimum absolute atomic E-state index is 0.161. The molecule has 1 aromatic carbocycles. The van der Waals surface area contributed by atoms with E-state index in [9.17, 15) is 9.90 Å². The number of aliphatic hydroxyl groups excluding tert-OH is 1. The van der Waals surface area contributed by atoms with Crippen molar-refractivity contribution in [3.63, 3.8) is 0 Å². The van der Waals surface area contributed by atoms with Crippen LogP contribution in [0, 0.1) is 0 Å². The molecule has 98 valence electrons. The molecule has 0 heterocycles. The van der Waals surface area contributed by atoms with Crippen LogP contribution in [-0.2, 0) is 0 Å². The van der Waals surface area contributed by atoms with Crippen molar-refractivity contribution < 1.29 is 9.90 Å². The molecule has 0 saturated heterocycles. The van der Waals surface area contributed by atoms with Gasteiger partial charge in [0.05, 0.1) is 22.7 Å². The van der Waals surface area contributed by atoms with Crippen molar-refractivity contribution in [1.82, 2.24) is 5.32 Å². The maximum absolute atomic E-state index is 12.1. The van der Waals surface area contributed by atoms with Crippen LogP contribution in [-0.4, -0.2) is 23.2 Å². The Morgan fingerprint density at radius 1 is 1.39 bits per heavy atom. The number of hydrogen-bond donors (Lipinski definition) is 2. The largest absolute Gasteiger partial charge is 0.391 e. The summed E-state index contributed by atoms with van der Waals surface area (Å²) in [6.45, 7) is 0. The van der Waals surface area contributed by atoms with Gasteiger partial charge in [0.15, 0.2) is 0 Å². The molecule has 1 aliphatic carbocycles. The van der Waals surface area contributed by atoms with E-state index >= 15 is 0 Å². The summed E-state index contributed by atoms with van der Waals surface area (Å²) in [6.07, 6.45) is 3.18. The van der Waals surface area contributed by atoms with Gasteiger partial charge >= 0.3 is 0 Å². The normalized spacial score (nSPS) is 23.7. The maximum atomic E-state index is 12.1. The van der Waals surface area contributed by atoms with Crippen LogP contribution >= 0.6 is 27.5 Å². The van der Waals surface area contributed by atoms with Gasteiger partial charge in [0.2, 0.25) is 0 Å². The van der Waals surface area contributed by atoms with Crippen LogP contribution in [0.15, 0.2) is 22.7 Å². The highest BCUT2D eigenvalue weighted by Gasteiger charge is 2.25. The summed E-state index contributed by atoms with van der Waals surface area (Å²) < 4.78 is 0.835. The van der Waals surface area contributed by atoms with Gasteiger partial charge in [-0.15, -0.1) is 0 Å². The van der Waals surface area contributed by atoms with Crippen molar-refractivity contribution in [2.75, 3.05) is 0 Å². The Bertz CT molecular complexity index is 453. The molecule has 1 aliphatic rings. The number of aliphatic hydroxyl groups is 1. The number of carbonyl (C=O) groups is 1. The highest BCUT2D eigenvalue weighted by molar-refractivity contribution is 9.10. The van der Waals surface area contributed by atoms with E-state index < -0.39 is 6.10 Å². The summed E-state index contributed by atoms with van der Waals surface area (Å²) in [7, 11) is 0. The molecule has 0 aliphatic heterocycles. The molecule has 1 fully saturated rings. The Kier molecular flexibility index (Phi) is 4.65. The van der Waals surface area contributed by atoms with Crippen LogP contribution in [0.2, 0.25) is 5.02 Å². The number of carbonyl (C=O) groups excluding carboxylic acids is 1. The molecule has 1 amide bonds. The van der Waals surface area contributed by atoms with Crippen molar-refractivity contribution >= 4 is 33.4 Å². The third kappa shape index (κ3) is 3.25. The zero-order valence-electron chi connectivity index (χ0n) is 9.83. The lowest BCUT2D eigenvalue weighted by Gasteiger charge is -2.28. The Morgan fingerprint density at radius 2 is 2.11 bits per heavy atom. The Morgan fingerprint density at radius 3 is 2.78 bits per heavy atom. The fourth-order valence-electron chi connectivity index (χ4n) is 2.20. The summed E-state index contributed by atoms with van der Waals surface area (Å²) in [5.74, 6) is -0.224. The van der Waals surface area contributed by atoms with Crippen molar-refractivity contribution in [1.29, 1.82) is 0 Å². The first-order valence-corrected chi connectivity index (χ1v) is 7.19. The predicted octanol–water partition coefficient (Wildman–Crippen LogP) is 3.14. The van der Waals surface area contributed by atoms with Gasteiger partial charge in [-0.2, -0.15) is 0 Å². The average Bonchev–Trinajstić information content (AvgIpc) is 2.32. The fourth-order valence-corrected chi connectivity index (χ4v) is 2.96. The van der Waals surface area contributed by atoms with E-state index in [0.29, 0.717) is 10.6 Å². The highest BCUT2D eigenvalue weighted by Crippen LogP contribution is 2.23. The van der Waals surface area contributed by atoms with Gasteiger partial charge in [0.1, 0.15) is 0 Å². The van der Waals surface area contributed by atoms with Crippen molar-refractivity contribution in [3.05, 3.63) is 33.3 Å². The van der Waals surface area contributed by atoms with Gasteiger partial charge < -0.3 is 10.4 Å². The van der Waals surface area contributed by atoms with Gasteiger partial charge in [0.25, 0.3) is 5.91 Å². The Hall–Kier alpha value is -0.580. The van der Waals surface area contributed by atoms with Crippen LogP contribution in [0.25, 0.3) is 0 Å². The van der Waals surface area contributed by atoms with Crippen molar-refractivity contribution in [3.8, 4) is 0 Å². The first-order chi connectivity index (χ1) is 8.58. The van der Waals surface area contributed by atoms with Crippen LogP contribution in [0.5, 0.6) is 0 Å². The molecule has 3 nitrogen and oxygen atoms in total. The molecule has 2 N–H and O–H groups in total. The molecule has 2 rings (SSSR count). The number of hydrogen-bond acceptors (Lipinski definition) is 2. The highest BCUT2D eigenvalue weighted by atomic mass is 79.9. The average molecular weight is 333 g/mol. The first kappa shape index (κ1) is 13.8. The minimum Gasteiger partial charge on any atom is -0.391 e. The summed E-state index contributed by atoms with van der Waals surface area (Å²) in [4.78, 5) is 12.1. The van der Waals surface area contributed by atoms with Crippen molar-refractivity contribution in [2.24, 2.45) is 0 Å². The molecule has 0 spiro atoms. The third-order valence-corrected chi connectivity index (χ3v) is 4.03. The summed E-state index contributed by atoms with van der Waals surface area (Å²) >= 11 is 9.32. The van der Waals surface area contributed by atoms with E-state index in [1.807, 2.05) is 0 Å². The summed E-state index contributed by atoms with van der Waals surface area (Å²) in [5, 5.41) is 13.1. The molecular formula is C13H15BrClNO2. The van der Waals surface area contributed by atoms with Gasteiger partial charge in [-0.25, -0.2) is 0 Å². The van der Waals surface area contributed by atoms with E-state index in [1.54, 1.807) is 18.2 Å². The van der Waals surface area contributed by atoms with Gasteiger partial charge in [-0.05, 0) is 31.0 Å². The van der Waals surface area contributed by atoms with E-state index in [4.69, 9.17) is 11.6 Å². The second kappa shape index (κ2) is 6.04. The molecule has 0 radical (unpaired) electrons. The van der Waals surface area contributed by atoms with Gasteiger partial charge in [-0.1, -0.05) is 40.4 Å². The standard InChI is InChI=1S/C13H15BrClNO2/c14-8-5-6-9(10(15)7-8)13(18)16-11-3-1-2-4-12(11)17/h5-7,11-12,17H,1-4H2,(H,16,18)/t11-,12-/m0/s1. The van der Waals surface area contributed by atoms with E-state index in [1.165, 1.54) is 0 Å². The summed E-state index contributed by atoms with van der Waals surface area (Å²) in [6, 6.07) is 4.98. The molecule has 5 heteroatoms. The number of amides is 1. The Labute approximate surface area is 120 Å². The number of halogens is 2. The first-order valence-electron chi connectivity index (χ1n) is 6.02. The molecule has 1 aromatic rings. The van der Waals surface area contributed by atoms with Crippen molar-refractivity contribution in [2.45, 2.75) is 37.8 Å². The smallest absolute Gasteiger partial charge is 0.253 e. The quantitative estimate of drug-likeness (QED) is 0.874. The molecule has 0 aromatic heterocycles. The zero-order chi connectivity index (χ0) is 13.1. The number of nitrogens with one attached hydrogen (secondary N) is 1. The second-order valence-electron chi connectivity index (χ2n) is 4.56. The van der Waals surface area contributed by atoms with E-state index in [0.717, 1.165) is 30.2 Å². The maximum Gasteiger partial charge on any atom is 0.253 e. The topological polar surface area (TPSA) is 49.3 Å². The van der Waals surface area contributed by atoms with Crippen LogP contribution in [0.3, 0.4) is 0 Å². The van der Waals surface area contributed by atoms with Crippen LogP contribution in [0.1, 0.15) is 36.0 Å². The molecule has 0 unspecified atom stereocenters. The van der Waals surface area contributed by atoms with Crippen LogP contribution in [0.4, 0.5) is 0 Å². The zero-order valence-corrected chi connectivity index (χ0v) is 12.2. The molecule has 0 bridgehead atoms. The fraction of sp³-hybridized carbons (Fsp3) is 0.462. The van der Waals surface area contributed by atoms with E-state index in [-0.39, 0.29) is 11.9 Å². The number of benzene rings is 1. The Balaban J connectivity index is 2.07. The molecule has 2 atom stereocenters. The van der Waals surface area contributed by atoms with Crippen LogP contribution < -0.4 is 5.32 Å². The lowest BCUT2D eigenvalue weighted by Crippen LogP contribution is -2.45. The van der Waals surface area contributed by atoms with E-state index in [2.05, 4.69) is 21.2 Å². The SMILES string of the molecule is O=C(N[C@H]1CCCC[C@@H]1O)c1ccc(Br)cc1Cl. The second-order valence-corrected chi connectivity index (χ2v) is 5.88. The molecule has 1 saturated carbocycles. The monoisotopic (exact) mass is 331 g/mol. The predicted molar refractivity (Wildman–Crippen MR) is 74.9 cm³/mol. The minimum atomic E-state index is -0.447. The van der Waals surface area contributed by atoms with Gasteiger partial charge in [0, 0.05) is 4.47 Å².